The highest BCUT2D eigenvalue weighted by Crippen LogP contribution is 2.38. The summed E-state index contributed by atoms with van der Waals surface area (Å²) in [4.78, 5) is 0.241. The zero-order valence-electron chi connectivity index (χ0n) is 20.7. The second-order valence-corrected chi connectivity index (χ2v) is 18.0. The van der Waals surface area contributed by atoms with Gasteiger partial charge in [-0.1, -0.05) is 48.5 Å². The Labute approximate surface area is 190 Å². The smallest absolute Gasteiger partial charge is 0.243 e. The molecule has 0 aromatic heterocycles. The Morgan fingerprint density at radius 1 is 1.10 bits per heavy atom. The van der Waals surface area contributed by atoms with Gasteiger partial charge in [-0.3, -0.25) is 0 Å². The maximum absolute atomic E-state index is 13.5. The Kier molecular flexibility index (Phi) is 7.94. The van der Waals surface area contributed by atoms with Crippen molar-refractivity contribution in [1.29, 1.82) is 0 Å². The normalized spacial score (nSPS) is 15.2. The van der Waals surface area contributed by atoms with Crippen molar-refractivity contribution >= 4 is 18.3 Å². The molecule has 0 aliphatic carbocycles. The molecule has 1 aliphatic rings. The van der Waals surface area contributed by atoms with Gasteiger partial charge in [-0.05, 0) is 48.0 Å². The molecule has 0 amide bonds. The minimum atomic E-state index is -3.66. The van der Waals surface area contributed by atoms with Crippen molar-refractivity contribution in [3.05, 3.63) is 18.2 Å². The lowest BCUT2D eigenvalue weighted by atomic mass is 9.89. The molecule has 0 N–H and O–H groups in total. The fourth-order valence-electron chi connectivity index (χ4n) is 3.20. The van der Waals surface area contributed by atoms with E-state index in [2.05, 4.69) is 47.7 Å². The maximum Gasteiger partial charge on any atom is 0.243 e. The number of ether oxygens (including phenoxy) is 2. The molecule has 1 aromatic carbocycles. The minimum absolute atomic E-state index is 0.121. The molecule has 0 saturated heterocycles. The highest BCUT2D eigenvalue weighted by molar-refractivity contribution is 7.89. The average Bonchev–Trinajstić information content (AvgIpc) is 3.06. The van der Waals surface area contributed by atoms with E-state index in [1.807, 2.05) is 13.8 Å². The molecule has 0 bridgehead atoms. The van der Waals surface area contributed by atoms with Crippen LogP contribution in [-0.2, 0) is 14.4 Å². The summed E-state index contributed by atoms with van der Waals surface area (Å²) < 4.78 is 45.7. The Bertz CT molecular complexity index is 859. The highest BCUT2D eigenvalue weighted by Gasteiger charge is 2.38. The number of nitrogens with zero attached hydrogens (tertiary/aromatic N) is 1. The molecule has 1 aliphatic heterocycles. The number of sulfonamides is 1. The summed E-state index contributed by atoms with van der Waals surface area (Å²) in [7, 11) is -5.49. The van der Waals surface area contributed by atoms with E-state index in [9.17, 15) is 8.42 Å². The van der Waals surface area contributed by atoms with Crippen molar-refractivity contribution in [2.24, 2.45) is 11.3 Å². The molecule has 6 nitrogen and oxygen atoms in total. The molecular weight excluding hydrogens is 430 g/mol. The molecule has 0 radical (unpaired) electrons. The van der Waals surface area contributed by atoms with Crippen LogP contribution in [0.25, 0.3) is 0 Å². The molecule has 0 atom stereocenters. The first-order valence-electron chi connectivity index (χ1n) is 11.1. The number of rotatable bonds is 10. The molecule has 178 valence electrons. The van der Waals surface area contributed by atoms with Crippen molar-refractivity contribution in [1.82, 2.24) is 4.31 Å². The van der Waals surface area contributed by atoms with Gasteiger partial charge in [0.05, 0.1) is 4.90 Å². The van der Waals surface area contributed by atoms with Crippen LogP contribution in [0.2, 0.25) is 18.1 Å². The second kappa shape index (κ2) is 9.41. The monoisotopic (exact) mass is 471 g/mol. The average molecular weight is 472 g/mol. The van der Waals surface area contributed by atoms with Crippen molar-refractivity contribution in [2.75, 3.05) is 26.5 Å². The summed E-state index contributed by atoms with van der Waals surface area (Å²) >= 11 is 0. The van der Waals surface area contributed by atoms with Gasteiger partial charge in [0.1, 0.15) is 0 Å². The topological polar surface area (TPSA) is 65.1 Å². The lowest BCUT2D eigenvalue weighted by Gasteiger charge is -2.38. The fraction of sp³-hybridized carbons (Fsp3) is 0.739. The fourth-order valence-corrected chi connectivity index (χ4v) is 6.05. The van der Waals surface area contributed by atoms with Gasteiger partial charge in [0.15, 0.2) is 19.8 Å². The van der Waals surface area contributed by atoms with Crippen LogP contribution in [0, 0.1) is 11.3 Å². The van der Waals surface area contributed by atoms with Gasteiger partial charge in [0.25, 0.3) is 0 Å². The largest absolute Gasteiger partial charge is 0.454 e. The first kappa shape index (κ1) is 26.2. The quantitative estimate of drug-likeness (QED) is 0.422. The third-order valence-corrected chi connectivity index (χ3v) is 12.5. The zero-order chi connectivity index (χ0) is 23.7. The summed E-state index contributed by atoms with van der Waals surface area (Å²) in [5.74, 6) is 1.27. The van der Waals surface area contributed by atoms with Crippen molar-refractivity contribution < 1.29 is 22.3 Å². The summed E-state index contributed by atoms with van der Waals surface area (Å²) in [6, 6.07) is 4.84. The van der Waals surface area contributed by atoms with Crippen LogP contribution in [0.5, 0.6) is 11.5 Å². The van der Waals surface area contributed by atoms with E-state index >= 15 is 0 Å². The first-order chi connectivity index (χ1) is 14.1. The van der Waals surface area contributed by atoms with Gasteiger partial charge in [0, 0.05) is 25.8 Å². The number of hydrogen-bond acceptors (Lipinski definition) is 5. The van der Waals surface area contributed by atoms with E-state index in [4.69, 9.17) is 13.9 Å². The van der Waals surface area contributed by atoms with Gasteiger partial charge in [-0.2, -0.15) is 4.31 Å². The van der Waals surface area contributed by atoms with Crippen molar-refractivity contribution in [3.63, 3.8) is 0 Å². The second-order valence-electron chi connectivity index (χ2n) is 11.2. The Hall–Kier alpha value is -1.09. The third-order valence-electron chi connectivity index (χ3n) is 6.20. The van der Waals surface area contributed by atoms with Gasteiger partial charge in [-0.15, -0.1) is 0 Å². The molecule has 1 heterocycles. The number of fused-ring (bicyclic) bond motifs is 1. The van der Waals surface area contributed by atoms with E-state index in [0.29, 0.717) is 31.2 Å². The van der Waals surface area contributed by atoms with Crippen LogP contribution < -0.4 is 9.47 Å². The molecule has 0 fully saturated rings. The van der Waals surface area contributed by atoms with Crippen LogP contribution in [0.3, 0.4) is 0 Å². The lowest BCUT2D eigenvalue weighted by Crippen LogP contribution is -2.43. The van der Waals surface area contributed by atoms with Gasteiger partial charge < -0.3 is 13.9 Å². The molecule has 31 heavy (non-hydrogen) atoms. The Morgan fingerprint density at radius 3 is 2.29 bits per heavy atom. The van der Waals surface area contributed by atoms with E-state index < -0.39 is 18.3 Å². The molecule has 2 rings (SSSR count). The predicted molar refractivity (Wildman–Crippen MR) is 128 cm³/mol. The zero-order valence-corrected chi connectivity index (χ0v) is 22.6. The van der Waals surface area contributed by atoms with Crippen LogP contribution in [-0.4, -0.2) is 47.5 Å². The van der Waals surface area contributed by atoms with Crippen molar-refractivity contribution in [2.45, 2.75) is 77.9 Å². The van der Waals surface area contributed by atoms with E-state index in [-0.39, 0.29) is 28.1 Å². The molecule has 8 heteroatoms. The lowest BCUT2D eigenvalue weighted by molar-refractivity contribution is 0.174. The SMILES string of the molecule is CC(C)CN(CC(C)(C)CCO[Si](C)(C)C(C)(C)C)S(=O)(=O)c1ccc2c(c1)OCO2. The molecule has 0 saturated carbocycles. The maximum atomic E-state index is 13.5. The number of hydrogen-bond donors (Lipinski definition) is 0. The number of benzene rings is 1. The van der Waals surface area contributed by atoms with E-state index in [1.54, 1.807) is 22.5 Å². The van der Waals surface area contributed by atoms with Crippen LogP contribution in [0.4, 0.5) is 0 Å². The van der Waals surface area contributed by atoms with Crippen LogP contribution in [0.1, 0.15) is 54.9 Å². The van der Waals surface area contributed by atoms with Crippen LogP contribution >= 0.6 is 0 Å². The van der Waals surface area contributed by atoms with Crippen LogP contribution in [0.15, 0.2) is 23.1 Å². The summed E-state index contributed by atoms with van der Waals surface area (Å²) in [5.41, 5.74) is -0.222. The van der Waals surface area contributed by atoms with Gasteiger partial charge in [-0.25, -0.2) is 8.42 Å². The standard InChI is InChI=1S/C23H41NO5SSi/c1-18(2)15-24(16-23(6,7)12-13-29-31(8,9)22(3,4)5)30(25,26)19-10-11-20-21(14-19)28-17-27-20/h10-11,14,18H,12-13,15-17H2,1-9H3. The molecular formula is C23H41NO5SSi. The first-order valence-corrected chi connectivity index (χ1v) is 15.4. The summed E-state index contributed by atoms with van der Waals surface area (Å²) in [6.07, 6.45) is 0.796. The van der Waals surface area contributed by atoms with Crippen molar-refractivity contribution in [3.8, 4) is 11.5 Å². The Morgan fingerprint density at radius 2 is 1.71 bits per heavy atom. The Balaban J connectivity index is 2.16. The predicted octanol–water partition coefficient (Wildman–Crippen LogP) is 5.50. The highest BCUT2D eigenvalue weighted by atomic mass is 32.2. The minimum Gasteiger partial charge on any atom is -0.454 e. The molecule has 0 spiro atoms. The van der Waals surface area contributed by atoms with Gasteiger partial charge in [0.2, 0.25) is 16.8 Å². The van der Waals surface area contributed by atoms with E-state index in [0.717, 1.165) is 6.42 Å². The van der Waals surface area contributed by atoms with Gasteiger partial charge >= 0.3 is 0 Å². The third kappa shape index (κ3) is 6.70. The van der Waals surface area contributed by atoms with E-state index in [1.165, 1.54) is 0 Å². The summed E-state index contributed by atoms with van der Waals surface area (Å²) in [5, 5.41) is 0.156. The molecule has 1 aromatic rings. The summed E-state index contributed by atoms with van der Waals surface area (Å²) in [6.45, 7) is 21.1. The molecule has 0 unspecified atom stereocenters.